The van der Waals surface area contributed by atoms with Crippen LogP contribution in [0.3, 0.4) is 0 Å². The van der Waals surface area contributed by atoms with Crippen molar-refractivity contribution in [2.24, 2.45) is 0 Å². The zero-order chi connectivity index (χ0) is 19.0. The molecule has 2 aliphatic heterocycles. The maximum Gasteiger partial charge on any atom is 0.254 e. The van der Waals surface area contributed by atoms with Crippen molar-refractivity contribution in [3.05, 3.63) is 64.2 Å². The summed E-state index contributed by atoms with van der Waals surface area (Å²) in [5.41, 5.74) is 3.69. The third-order valence-electron chi connectivity index (χ3n) is 5.34. The Bertz CT molecular complexity index is 903. The highest BCUT2D eigenvalue weighted by molar-refractivity contribution is 6.30. The molecular weight excluding hydrogens is 397 g/mol. The normalized spacial score (nSPS) is 18.4. The minimum Gasteiger partial charge on any atom is -0.329 e. The SMILES string of the molecule is CC(=O)N1CCc2cc(C(=O)N3CCNCC3c3cccc(Cl)c3)ccc21.Cl. The molecule has 0 saturated carbocycles. The molecule has 1 atom stereocenters. The average Bonchev–Trinajstić information content (AvgIpc) is 3.11. The molecular formula is C21H23Cl2N3O2. The van der Waals surface area contributed by atoms with Crippen molar-refractivity contribution in [3.8, 4) is 0 Å². The Balaban J connectivity index is 0.00000225. The second-order valence-corrected chi connectivity index (χ2v) is 7.47. The van der Waals surface area contributed by atoms with Crippen LogP contribution < -0.4 is 10.2 Å². The topological polar surface area (TPSA) is 52.7 Å². The summed E-state index contributed by atoms with van der Waals surface area (Å²) in [6, 6.07) is 13.3. The van der Waals surface area contributed by atoms with Gasteiger partial charge in [0.2, 0.25) is 5.91 Å². The molecule has 1 unspecified atom stereocenters. The molecule has 28 heavy (non-hydrogen) atoms. The van der Waals surface area contributed by atoms with Crippen molar-refractivity contribution in [1.29, 1.82) is 0 Å². The molecule has 1 saturated heterocycles. The van der Waals surface area contributed by atoms with E-state index in [1.54, 1.807) is 11.8 Å². The Morgan fingerprint density at radius 2 is 1.96 bits per heavy atom. The van der Waals surface area contributed by atoms with E-state index >= 15 is 0 Å². The molecule has 2 amide bonds. The maximum atomic E-state index is 13.3. The highest BCUT2D eigenvalue weighted by Crippen LogP contribution is 2.31. The van der Waals surface area contributed by atoms with Crippen LogP contribution in [0.2, 0.25) is 5.02 Å². The van der Waals surface area contributed by atoms with Crippen LogP contribution in [-0.2, 0) is 11.2 Å². The van der Waals surface area contributed by atoms with E-state index in [1.165, 1.54) is 0 Å². The number of piperazine rings is 1. The monoisotopic (exact) mass is 419 g/mol. The Morgan fingerprint density at radius 1 is 1.14 bits per heavy atom. The van der Waals surface area contributed by atoms with E-state index in [0.29, 0.717) is 30.2 Å². The fourth-order valence-electron chi connectivity index (χ4n) is 3.99. The summed E-state index contributed by atoms with van der Waals surface area (Å²) < 4.78 is 0. The van der Waals surface area contributed by atoms with Crippen molar-refractivity contribution in [2.75, 3.05) is 31.1 Å². The molecule has 5 nitrogen and oxygen atoms in total. The van der Waals surface area contributed by atoms with Crippen LogP contribution in [0.4, 0.5) is 5.69 Å². The van der Waals surface area contributed by atoms with Crippen molar-refractivity contribution < 1.29 is 9.59 Å². The highest BCUT2D eigenvalue weighted by Gasteiger charge is 2.30. The second kappa shape index (κ2) is 8.52. The Kier molecular flexibility index (Phi) is 6.28. The average molecular weight is 420 g/mol. The number of anilines is 1. The van der Waals surface area contributed by atoms with Gasteiger partial charge in [-0.3, -0.25) is 9.59 Å². The minimum absolute atomic E-state index is 0. The molecule has 148 valence electrons. The number of hydrogen-bond acceptors (Lipinski definition) is 3. The van der Waals surface area contributed by atoms with Crippen molar-refractivity contribution in [2.45, 2.75) is 19.4 Å². The summed E-state index contributed by atoms with van der Waals surface area (Å²) in [6.07, 6.45) is 0.787. The van der Waals surface area contributed by atoms with E-state index in [-0.39, 0.29) is 30.3 Å². The van der Waals surface area contributed by atoms with Gasteiger partial charge in [0.25, 0.3) is 5.91 Å². The van der Waals surface area contributed by atoms with Crippen molar-refractivity contribution >= 4 is 41.5 Å². The summed E-state index contributed by atoms with van der Waals surface area (Å²) in [6.45, 7) is 4.37. The summed E-state index contributed by atoms with van der Waals surface area (Å²) in [5, 5.41) is 4.04. The molecule has 2 heterocycles. The third kappa shape index (κ3) is 3.88. The van der Waals surface area contributed by atoms with Crippen LogP contribution in [0, 0.1) is 0 Å². The number of nitrogens with zero attached hydrogens (tertiary/aromatic N) is 2. The molecule has 2 aromatic carbocycles. The van der Waals surface area contributed by atoms with E-state index in [9.17, 15) is 9.59 Å². The molecule has 7 heteroatoms. The van der Waals surface area contributed by atoms with Crippen LogP contribution in [0.15, 0.2) is 42.5 Å². The first kappa shape index (κ1) is 20.6. The first-order valence-corrected chi connectivity index (χ1v) is 9.60. The smallest absolute Gasteiger partial charge is 0.254 e. The van der Waals surface area contributed by atoms with Crippen LogP contribution in [-0.4, -0.2) is 42.9 Å². The molecule has 2 aliphatic rings. The minimum atomic E-state index is -0.0491. The Hall–Kier alpha value is -2.08. The summed E-state index contributed by atoms with van der Waals surface area (Å²) in [4.78, 5) is 28.7. The van der Waals surface area contributed by atoms with E-state index in [0.717, 1.165) is 29.8 Å². The van der Waals surface area contributed by atoms with E-state index in [4.69, 9.17) is 11.6 Å². The number of fused-ring (bicyclic) bond motifs is 1. The van der Waals surface area contributed by atoms with Gasteiger partial charge in [-0.1, -0.05) is 23.7 Å². The lowest BCUT2D eigenvalue weighted by atomic mass is 10.0. The fourth-order valence-corrected chi connectivity index (χ4v) is 4.19. The van der Waals surface area contributed by atoms with E-state index < -0.39 is 0 Å². The molecule has 1 fully saturated rings. The zero-order valence-electron chi connectivity index (χ0n) is 15.7. The molecule has 0 bridgehead atoms. The predicted molar refractivity (Wildman–Crippen MR) is 114 cm³/mol. The molecule has 0 aromatic heterocycles. The standard InChI is InChI=1S/C21H22ClN3O2.ClH/c1-14(26)24-9-7-16-11-17(5-6-19(16)24)21(27)25-10-8-23-13-20(25)15-3-2-4-18(22)12-15;/h2-6,11-12,20,23H,7-10,13H2,1H3;1H. The second-order valence-electron chi connectivity index (χ2n) is 7.04. The number of amides is 2. The van der Waals surface area contributed by atoms with Crippen molar-refractivity contribution in [1.82, 2.24) is 10.2 Å². The van der Waals surface area contributed by atoms with Gasteiger partial charge in [-0.25, -0.2) is 0 Å². The lowest BCUT2D eigenvalue weighted by molar-refractivity contribution is -0.116. The van der Waals surface area contributed by atoms with Gasteiger partial charge < -0.3 is 15.1 Å². The van der Waals surface area contributed by atoms with E-state index in [1.807, 2.05) is 47.4 Å². The molecule has 2 aromatic rings. The molecule has 0 radical (unpaired) electrons. The van der Waals surface area contributed by atoms with Crippen LogP contribution in [0.25, 0.3) is 0 Å². The number of carbonyl (C=O) groups is 2. The highest BCUT2D eigenvalue weighted by atomic mass is 35.5. The van der Waals surface area contributed by atoms with Gasteiger partial charge in [0.05, 0.1) is 6.04 Å². The lowest BCUT2D eigenvalue weighted by Crippen LogP contribution is -2.48. The van der Waals surface area contributed by atoms with Crippen LogP contribution in [0.5, 0.6) is 0 Å². The number of benzene rings is 2. The maximum absolute atomic E-state index is 13.3. The zero-order valence-corrected chi connectivity index (χ0v) is 17.2. The molecule has 1 N–H and O–H groups in total. The summed E-state index contributed by atoms with van der Waals surface area (Å²) in [5.74, 6) is 0.0569. The van der Waals surface area contributed by atoms with E-state index in [2.05, 4.69) is 5.32 Å². The number of nitrogens with one attached hydrogen (secondary N) is 1. The summed E-state index contributed by atoms with van der Waals surface area (Å²) in [7, 11) is 0. The van der Waals surface area contributed by atoms with Gasteiger partial charge in [0.15, 0.2) is 0 Å². The number of carbonyl (C=O) groups excluding carboxylic acids is 2. The fraction of sp³-hybridized carbons (Fsp3) is 0.333. The largest absolute Gasteiger partial charge is 0.329 e. The summed E-state index contributed by atoms with van der Waals surface area (Å²) >= 11 is 6.16. The number of hydrogen-bond donors (Lipinski definition) is 1. The first-order chi connectivity index (χ1) is 13.0. The number of rotatable bonds is 2. The molecule has 0 spiro atoms. The van der Waals surface area contributed by atoms with Gasteiger partial charge in [0.1, 0.15) is 0 Å². The quantitative estimate of drug-likeness (QED) is 0.810. The van der Waals surface area contributed by atoms with Gasteiger partial charge >= 0.3 is 0 Å². The first-order valence-electron chi connectivity index (χ1n) is 9.23. The van der Waals surface area contributed by atoms with Gasteiger partial charge in [-0.05, 0) is 47.9 Å². The van der Waals surface area contributed by atoms with Crippen LogP contribution >= 0.6 is 24.0 Å². The number of halogens is 2. The Labute approximate surface area is 176 Å². The third-order valence-corrected chi connectivity index (χ3v) is 5.57. The predicted octanol–water partition coefficient (Wildman–Crippen LogP) is 3.46. The van der Waals surface area contributed by atoms with Gasteiger partial charge in [-0.15, -0.1) is 12.4 Å². The molecule has 4 rings (SSSR count). The van der Waals surface area contributed by atoms with Gasteiger partial charge in [-0.2, -0.15) is 0 Å². The molecule has 0 aliphatic carbocycles. The van der Waals surface area contributed by atoms with Crippen molar-refractivity contribution in [3.63, 3.8) is 0 Å². The van der Waals surface area contributed by atoms with Crippen LogP contribution in [0.1, 0.15) is 34.5 Å². The lowest BCUT2D eigenvalue weighted by Gasteiger charge is -2.36. The van der Waals surface area contributed by atoms with Gasteiger partial charge in [0, 0.05) is 49.4 Å². The Morgan fingerprint density at radius 3 is 2.71 bits per heavy atom.